The summed E-state index contributed by atoms with van der Waals surface area (Å²) in [4.78, 5) is 33.9. The number of carbonyl (C=O) groups excluding carboxylic acids is 2. The van der Waals surface area contributed by atoms with E-state index in [-0.39, 0.29) is 10.8 Å². The fourth-order valence-electron chi connectivity index (χ4n) is 4.14. The number of hydroxylamine groups is 1. The zero-order valence-electron chi connectivity index (χ0n) is 16.0. The van der Waals surface area contributed by atoms with Crippen LogP contribution in [0.4, 0.5) is 11.4 Å². The van der Waals surface area contributed by atoms with Gasteiger partial charge in [-0.05, 0) is 48.0 Å². The van der Waals surface area contributed by atoms with E-state index in [0.29, 0.717) is 22.0 Å². The number of hydrogen-bond donors (Lipinski definition) is 1. The first-order valence-electron chi connectivity index (χ1n) is 9.58. The molecule has 0 radical (unpaired) electrons. The van der Waals surface area contributed by atoms with E-state index in [0.717, 1.165) is 4.90 Å². The van der Waals surface area contributed by atoms with Crippen LogP contribution in [-0.2, 0) is 14.4 Å². The molecule has 2 aliphatic rings. The normalized spacial score (nSPS) is 22.8. The van der Waals surface area contributed by atoms with E-state index in [9.17, 15) is 14.7 Å². The van der Waals surface area contributed by atoms with Gasteiger partial charge in [-0.1, -0.05) is 53.5 Å². The number of carbonyl (C=O) groups is 2. The molecule has 3 aromatic rings. The first kappa shape index (κ1) is 19.9. The van der Waals surface area contributed by atoms with E-state index in [2.05, 4.69) is 0 Å². The molecule has 0 aliphatic carbocycles. The van der Waals surface area contributed by atoms with Gasteiger partial charge in [-0.15, -0.1) is 0 Å². The molecule has 2 aliphatic heterocycles. The van der Waals surface area contributed by atoms with Gasteiger partial charge in [0.25, 0.3) is 5.91 Å². The summed E-state index contributed by atoms with van der Waals surface area (Å²) >= 11 is 12.1. The van der Waals surface area contributed by atoms with Gasteiger partial charge in [0.05, 0.1) is 27.5 Å². The molecular weight excluding hydrogens is 439 g/mol. The molecule has 3 aromatic carbocycles. The number of halogens is 2. The van der Waals surface area contributed by atoms with Crippen LogP contribution < -0.4 is 9.96 Å². The number of anilines is 2. The van der Waals surface area contributed by atoms with Crippen LogP contribution in [0.2, 0.25) is 10.0 Å². The van der Waals surface area contributed by atoms with Crippen LogP contribution in [0.1, 0.15) is 11.6 Å². The molecule has 2 saturated heterocycles. The molecule has 5 rings (SSSR count). The highest BCUT2D eigenvalue weighted by atomic mass is 35.5. The number of para-hydroxylation sites is 1. The second-order valence-corrected chi connectivity index (χ2v) is 8.18. The minimum Gasteiger partial charge on any atom is -0.508 e. The minimum absolute atomic E-state index is 0.0621. The Labute approximate surface area is 188 Å². The van der Waals surface area contributed by atoms with Gasteiger partial charge < -0.3 is 5.11 Å². The third-order valence-electron chi connectivity index (χ3n) is 5.50. The van der Waals surface area contributed by atoms with Crippen LogP contribution in [-0.4, -0.2) is 23.0 Å². The SMILES string of the molecule is O=C1[C@@H]2[C@@H](ON(c3ccccc3)[C@H]2c2cccc(O)c2)C(=O)N1c1ccc(Cl)c(Cl)c1. The standard InChI is InChI=1S/C23H16Cl2N2O4/c24-17-10-9-15(12-18(17)25)26-22(29)19-20(13-5-4-8-16(28)11-13)27(31-21(19)23(26)30)14-6-2-1-3-7-14/h1-12,19-21,28H/t19-,20-,21+/m0/s1. The summed E-state index contributed by atoms with van der Waals surface area (Å²) in [5.41, 5.74) is 1.70. The van der Waals surface area contributed by atoms with E-state index in [4.69, 9.17) is 28.0 Å². The average Bonchev–Trinajstić information content (AvgIpc) is 3.27. The molecule has 0 aromatic heterocycles. The van der Waals surface area contributed by atoms with E-state index in [1.807, 2.05) is 30.3 Å². The molecule has 156 valence electrons. The number of phenolic OH excluding ortho intramolecular Hbond substituents is 1. The molecule has 1 N–H and O–H groups in total. The van der Waals surface area contributed by atoms with Gasteiger partial charge in [0, 0.05) is 0 Å². The smallest absolute Gasteiger partial charge is 0.266 e. The maximum Gasteiger partial charge on any atom is 0.266 e. The number of aromatic hydroxyl groups is 1. The van der Waals surface area contributed by atoms with Crippen molar-refractivity contribution in [1.82, 2.24) is 0 Å². The predicted molar refractivity (Wildman–Crippen MR) is 117 cm³/mol. The number of rotatable bonds is 3. The Bertz CT molecular complexity index is 1190. The van der Waals surface area contributed by atoms with Gasteiger partial charge in [-0.25, -0.2) is 9.96 Å². The summed E-state index contributed by atoms with van der Waals surface area (Å²) < 4.78 is 0. The lowest BCUT2D eigenvalue weighted by atomic mass is 9.90. The first-order valence-corrected chi connectivity index (χ1v) is 10.3. The van der Waals surface area contributed by atoms with Crippen molar-refractivity contribution < 1.29 is 19.5 Å². The summed E-state index contributed by atoms with van der Waals surface area (Å²) in [7, 11) is 0. The Morgan fingerprint density at radius 1 is 0.806 bits per heavy atom. The van der Waals surface area contributed by atoms with Crippen LogP contribution in [0, 0.1) is 5.92 Å². The van der Waals surface area contributed by atoms with Crippen molar-refractivity contribution in [3.8, 4) is 5.75 Å². The Hall–Kier alpha value is -3.06. The van der Waals surface area contributed by atoms with Gasteiger partial charge >= 0.3 is 0 Å². The number of benzene rings is 3. The molecule has 6 nitrogen and oxygen atoms in total. The second kappa shape index (κ2) is 7.57. The fraction of sp³-hybridized carbons (Fsp3) is 0.130. The quantitative estimate of drug-likeness (QED) is 0.578. The lowest BCUT2D eigenvalue weighted by Crippen LogP contribution is -2.37. The van der Waals surface area contributed by atoms with Crippen molar-refractivity contribution in [2.45, 2.75) is 12.1 Å². The largest absolute Gasteiger partial charge is 0.508 e. The second-order valence-electron chi connectivity index (χ2n) is 7.36. The molecule has 8 heteroatoms. The maximum atomic E-state index is 13.5. The first-order chi connectivity index (χ1) is 15.0. The fourth-order valence-corrected chi connectivity index (χ4v) is 4.43. The van der Waals surface area contributed by atoms with Crippen LogP contribution in [0.3, 0.4) is 0 Å². The monoisotopic (exact) mass is 454 g/mol. The molecule has 2 heterocycles. The molecule has 3 atom stereocenters. The third-order valence-corrected chi connectivity index (χ3v) is 6.24. The van der Waals surface area contributed by atoms with E-state index in [1.54, 1.807) is 35.4 Å². The van der Waals surface area contributed by atoms with Crippen molar-refractivity contribution in [1.29, 1.82) is 0 Å². The van der Waals surface area contributed by atoms with Crippen molar-refractivity contribution in [3.05, 3.63) is 88.4 Å². The molecule has 0 unspecified atom stereocenters. The van der Waals surface area contributed by atoms with E-state index < -0.39 is 29.9 Å². The summed E-state index contributed by atoms with van der Waals surface area (Å²) in [6.07, 6.45) is -1.01. The van der Waals surface area contributed by atoms with E-state index in [1.165, 1.54) is 12.1 Å². The summed E-state index contributed by atoms with van der Waals surface area (Å²) in [6, 6.07) is 19.8. The van der Waals surface area contributed by atoms with Crippen LogP contribution in [0.15, 0.2) is 72.8 Å². The molecular formula is C23H16Cl2N2O4. The van der Waals surface area contributed by atoms with E-state index >= 15 is 0 Å². The zero-order chi connectivity index (χ0) is 21.7. The maximum absolute atomic E-state index is 13.5. The number of fused-ring (bicyclic) bond motifs is 1. The Morgan fingerprint density at radius 3 is 2.29 bits per heavy atom. The van der Waals surface area contributed by atoms with Crippen molar-refractivity contribution in [3.63, 3.8) is 0 Å². The van der Waals surface area contributed by atoms with Gasteiger partial charge in [-0.2, -0.15) is 0 Å². The predicted octanol–water partition coefficient (Wildman–Crippen LogP) is 4.75. The molecule has 2 amide bonds. The lowest BCUT2D eigenvalue weighted by molar-refractivity contribution is -0.126. The Kier molecular flexibility index (Phi) is 4.85. The highest BCUT2D eigenvalue weighted by molar-refractivity contribution is 6.42. The van der Waals surface area contributed by atoms with Crippen molar-refractivity contribution in [2.75, 3.05) is 9.96 Å². The Balaban J connectivity index is 1.59. The van der Waals surface area contributed by atoms with Gasteiger partial charge in [0.15, 0.2) is 6.10 Å². The molecule has 31 heavy (non-hydrogen) atoms. The van der Waals surface area contributed by atoms with Crippen LogP contribution >= 0.6 is 23.2 Å². The number of imide groups is 1. The highest BCUT2D eigenvalue weighted by Gasteiger charge is 2.60. The average molecular weight is 455 g/mol. The lowest BCUT2D eigenvalue weighted by Gasteiger charge is -2.28. The number of amides is 2. The van der Waals surface area contributed by atoms with Gasteiger partial charge in [0.1, 0.15) is 11.7 Å². The zero-order valence-corrected chi connectivity index (χ0v) is 17.5. The third kappa shape index (κ3) is 3.24. The van der Waals surface area contributed by atoms with Crippen molar-refractivity contribution in [2.24, 2.45) is 5.92 Å². The van der Waals surface area contributed by atoms with Gasteiger partial charge in [-0.3, -0.25) is 14.4 Å². The topological polar surface area (TPSA) is 70.1 Å². The highest BCUT2D eigenvalue weighted by Crippen LogP contribution is 2.48. The molecule has 0 spiro atoms. The summed E-state index contributed by atoms with van der Waals surface area (Å²) in [5.74, 6) is -1.62. The number of phenols is 1. The summed E-state index contributed by atoms with van der Waals surface area (Å²) in [6.45, 7) is 0. The molecule has 0 saturated carbocycles. The van der Waals surface area contributed by atoms with Crippen LogP contribution in [0.25, 0.3) is 0 Å². The molecule has 0 bridgehead atoms. The molecule has 2 fully saturated rings. The number of hydrogen-bond acceptors (Lipinski definition) is 5. The number of nitrogens with zero attached hydrogens (tertiary/aromatic N) is 2. The summed E-state index contributed by atoms with van der Waals surface area (Å²) in [5, 5.41) is 12.2. The van der Waals surface area contributed by atoms with Gasteiger partial charge in [0.2, 0.25) is 5.91 Å². The van der Waals surface area contributed by atoms with Crippen LogP contribution in [0.5, 0.6) is 5.75 Å². The van der Waals surface area contributed by atoms with Crippen molar-refractivity contribution >= 4 is 46.4 Å². The minimum atomic E-state index is -1.01. The Morgan fingerprint density at radius 2 is 1.58 bits per heavy atom.